The van der Waals surface area contributed by atoms with Gasteiger partial charge in [-0.3, -0.25) is 0 Å². The van der Waals surface area contributed by atoms with Gasteiger partial charge in [0.15, 0.2) is 5.83 Å². The lowest BCUT2D eigenvalue weighted by atomic mass is 10.2. The second-order valence-electron chi connectivity index (χ2n) is 2.16. The third-order valence-electron chi connectivity index (χ3n) is 1.34. The van der Waals surface area contributed by atoms with E-state index >= 15 is 0 Å². The molecule has 2 nitrogen and oxygen atoms in total. The maximum Gasteiger partial charge on any atom is 0.304 e. The summed E-state index contributed by atoms with van der Waals surface area (Å²) in [6.45, 7) is 0.331. The first kappa shape index (κ1) is 8.55. The Kier molecular flexibility index (Phi) is 2.90. The molecule has 1 aliphatic heterocycles. The molecule has 0 aromatic carbocycles. The van der Waals surface area contributed by atoms with E-state index in [4.69, 9.17) is 0 Å². The van der Waals surface area contributed by atoms with Crippen LogP contribution in [0.25, 0.3) is 0 Å². The summed E-state index contributed by atoms with van der Waals surface area (Å²) in [5.74, 6) is -1.52. The topological polar surface area (TPSA) is 18.5 Å². The van der Waals surface area contributed by atoms with Crippen molar-refractivity contribution < 1.29 is 22.9 Å². The molecule has 0 bridgehead atoms. The summed E-state index contributed by atoms with van der Waals surface area (Å²) in [5.41, 5.74) is 0. The monoisotopic (exact) mass is 168 g/mol. The third kappa shape index (κ3) is 2.20. The molecule has 5 heteroatoms. The van der Waals surface area contributed by atoms with E-state index in [1.165, 1.54) is 0 Å². The summed E-state index contributed by atoms with van der Waals surface area (Å²) in [6.07, 6.45) is -2.77. The van der Waals surface area contributed by atoms with Crippen LogP contribution < -0.4 is 0 Å². The van der Waals surface area contributed by atoms with Crippen LogP contribution in [0, 0.1) is 0 Å². The quantitative estimate of drug-likeness (QED) is 0.558. The van der Waals surface area contributed by atoms with Crippen LogP contribution in [0.5, 0.6) is 0 Å². The van der Waals surface area contributed by atoms with Gasteiger partial charge in [-0.1, -0.05) is 0 Å². The molecule has 0 saturated carbocycles. The molecule has 11 heavy (non-hydrogen) atoms. The molecule has 1 heterocycles. The minimum atomic E-state index is -2.33. The zero-order chi connectivity index (χ0) is 8.27. The van der Waals surface area contributed by atoms with Crippen molar-refractivity contribution in [3.63, 3.8) is 0 Å². The van der Waals surface area contributed by atoms with Crippen molar-refractivity contribution in [1.29, 1.82) is 0 Å². The largest absolute Gasteiger partial charge is 0.304 e. The van der Waals surface area contributed by atoms with Crippen LogP contribution in [0.15, 0.2) is 11.9 Å². The molecule has 0 aromatic rings. The van der Waals surface area contributed by atoms with Gasteiger partial charge >= 0.3 is 6.08 Å². The number of halogens is 3. The molecule has 0 radical (unpaired) electrons. The summed E-state index contributed by atoms with van der Waals surface area (Å²) in [7, 11) is 0. The Hall–Kier alpha value is -0.550. The van der Waals surface area contributed by atoms with Crippen LogP contribution >= 0.6 is 0 Å². The van der Waals surface area contributed by atoms with Crippen molar-refractivity contribution in [3.05, 3.63) is 11.9 Å². The van der Waals surface area contributed by atoms with Crippen LogP contribution in [0.4, 0.5) is 13.2 Å². The lowest BCUT2D eigenvalue weighted by molar-refractivity contribution is -0.339. The maximum absolute atomic E-state index is 12.3. The van der Waals surface area contributed by atoms with E-state index in [1.807, 2.05) is 0 Å². The van der Waals surface area contributed by atoms with Crippen LogP contribution in [0.3, 0.4) is 0 Å². The van der Waals surface area contributed by atoms with Crippen LogP contribution in [-0.2, 0) is 9.78 Å². The zero-order valence-electron chi connectivity index (χ0n) is 5.65. The highest BCUT2D eigenvalue weighted by Gasteiger charge is 2.24. The van der Waals surface area contributed by atoms with Crippen molar-refractivity contribution >= 4 is 0 Å². The summed E-state index contributed by atoms with van der Waals surface area (Å²) >= 11 is 0. The van der Waals surface area contributed by atoms with E-state index in [0.29, 0.717) is 13.0 Å². The molecule has 1 atom stereocenters. The number of hydrogen-bond acceptors (Lipinski definition) is 2. The van der Waals surface area contributed by atoms with Gasteiger partial charge in [0.05, 0.1) is 6.61 Å². The van der Waals surface area contributed by atoms with Crippen LogP contribution in [0.1, 0.15) is 12.8 Å². The van der Waals surface area contributed by atoms with Gasteiger partial charge in [0, 0.05) is 0 Å². The molecule has 1 saturated heterocycles. The highest BCUT2D eigenvalue weighted by atomic mass is 19.3. The van der Waals surface area contributed by atoms with Gasteiger partial charge in [0.2, 0.25) is 0 Å². The van der Waals surface area contributed by atoms with Crippen LogP contribution in [-0.4, -0.2) is 12.7 Å². The number of hydrogen-bond donors (Lipinski definition) is 0. The van der Waals surface area contributed by atoms with E-state index in [1.54, 1.807) is 0 Å². The summed E-state index contributed by atoms with van der Waals surface area (Å²) in [5, 5.41) is 0. The summed E-state index contributed by atoms with van der Waals surface area (Å²) in [6, 6.07) is 0. The van der Waals surface area contributed by atoms with Gasteiger partial charge in [-0.15, -0.1) is 0 Å². The minimum absolute atomic E-state index is 0.239. The first-order valence-electron chi connectivity index (χ1n) is 3.20. The summed E-state index contributed by atoms with van der Waals surface area (Å²) in [4.78, 5) is 8.63. The standard InChI is InChI=1S/C6H7F3O2/c7-5(6(8)9)4-2-1-3-10-11-4/h4H,1-3H2. The van der Waals surface area contributed by atoms with Gasteiger partial charge in [-0.25, -0.2) is 14.2 Å². The first-order valence-corrected chi connectivity index (χ1v) is 3.20. The predicted octanol–water partition coefficient (Wildman–Crippen LogP) is 2.17. The third-order valence-corrected chi connectivity index (χ3v) is 1.34. The van der Waals surface area contributed by atoms with Gasteiger partial charge in [-0.05, 0) is 12.8 Å². The Morgan fingerprint density at radius 2 is 2.00 bits per heavy atom. The molecule has 0 spiro atoms. The molecule has 1 rings (SSSR count). The minimum Gasteiger partial charge on any atom is -0.236 e. The van der Waals surface area contributed by atoms with Crippen molar-refractivity contribution in [3.8, 4) is 0 Å². The lowest BCUT2D eigenvalue weighted by Gasteiger charge is -2.18. The fraction of sp³-hybridized carbons (Fsp3) is 0.667. The molecule has 64 valence electrons. The first-order chi connectivity index (χ1) is 5.22. The molecule has 1 fully saturated rings. The van der Waals surface area contributed by atoms with E-state index in [0.717, 1.165) is 0 Å². The Bertz CT molecular complexity index is 159. The van der Waals surface area contributed by atoms with E-state index in [9.17, 15) is 13.2 Å². The Morgan fingerprint density at radius 3 is 2.45 bits per heavy atom. The molecule has 1 aliphatic rings. The Balaban J connectivity index is 2.52. The average molecular weight is 168 g/mol. The predicted molar refractivity (Wildman–Crippen MR) is 30.4 cm³/mol. The van der Waals surface area contributed by atoms with Gasteiger partial charge in [0.25, 0.3) is 0 Å². The Morgan fingerprint density at radius 1 is 1.27 bits per heavy atom. The molecule has 1 unspecified atom stereocenters. The maximum atomic E-state index is 12.3. The SMILES string of the molecule is FC(F)=C(F)C1CCCOO1. The zero-order valence-corrected chi connectivity index (χ0v) is 5.65. The smallest absolute Gasteiger partial charge is 0.236 e. The van der Waals surface area contributed by atoms with Crippen molar-refractivity contribution in [2.75, 3.05) is 6.61 Å². The molecule has 0 aliphatic carbocycles. The van der Waals surface area contributed by atoms with Crippen molar-refractivity contribution in [2.45, 2.75) is 18.9 Å². The fourth-order valence-electron chi connectivity index (χ4n) is 0.797. The highest BCUT2D eigenvalue weighted by Crippen LogP contribution is 2.22. The van der Waals surface area contributed by atoms with Crippen molar-refractivity contribution in [1.82, 2.24) is 0 Å². The van der Waals surface area contributed by atoms with E-state index in [2.05, 4.69) is 9.78 Å². The van der Waals surface area contributed by atoms with Gasteiger partial charge < -0.3 is 0 Å². The lowest BCUT2D eigenvalue weighted by Crippen LogP contribution is -2.21. The summed E-state index contributed by atoms with van der Waals surface area (Å²) < 4.78 is 35.5. The van der Waals surface area contributed by atoms with Gasteiger partial charge in [0.1, 0.15) is 6.10 Å². The molecule has 0 N–H and O–H groups in total. The molecule has 0 aromatic heterocycles. The van der Waals surface area contributed by atoms with Gasteiger partial charge in [-0.2, -0.15) is 8.78 Å². The molecular formula is C6H7F3O2. The van der Waals surface area contributed by atoms with Crippen molar-refractivity contribution in [2.24, 2.45) is 0 Å². The fourth-order valence-corrected chi connectivity index (χ4v) is 0.797. The van der Waals surface area contributed by atoms with E-state index < -0.39 is 18.0 Å². The molecular weight excluding hydrogens is 161 g/mol. The van der Waals surface area contributed by atoms with E-state index in [-0.39, 0.29) is 6.42 Å². The Labute approximate surface area is 61.5 Å². The average Bonchev–Trinajstić information content (AvgIpc) is 2.05. The second kappa shape index (κ2) is 3.73. The highest BCUT2D eigenvalue weighted by molar-refractivity contribution is 4.99. The number of rotatable bonds is 1. The normalized spacial score (nSPS) is 24.8. The molecule has 0 amide bonds. The second-order valence-corrected chi connectivity index (χ2v) is 2.16. The van der Waals surface area contributed by atoms with Crippen LogP contribution in [0.2, 0.25) is 0 Å².